The van der Waals surface area contributed by atoms with Crippen LogP contribution in [0.15, 0.2) is 23.6 Å². The molecule has 0 radical (unpaired) electrons. The van der Waals surface area contributed by atoms with Gasteiger partial charge < -0.3 is 5.32 Å². The van der Waals surface area contributed by atoms with Crippen LogP contribution in [0.2, 0.25) is 0 Å². The molecule has 1 fully saturated rings. The maximum Gasteiger partial charge on any atom is 0.230 e. The third-order valence-electron chi connectivity index (χ3n) is 4.76. The van der Waals surface area contributed by atoms with E-state index in [-0.39, 0.29) is 18.4 Å². The first kappa shape index (κ1) is 19.0. The molecule has 1 saturated heterocycles. The zero-order valence-electron chi connectivity index (χ0n) is 15.2. The van der Waals surface area contributed by atoms with Crippen LogP contribution in [-0.2, 0) is 14.8 Å². The Morgan fingerprint density at radius 1 is 1.31 bits per heavy atom. The third-order valence-corrected chi connectivity index (χ3v) is 6.79. The van der Waals surface area contributed by atoms with E-state index in [1.807, 2.05) is 11.4 Å². The van der Waals surface area contributed by atoms with E-state index < -0.39 is 10.0 Å². The summed E-state index contributed by atoms with van der Waals surface area (Å²) < 4.78 is 24.8. The van der Waals surface area contributed by atoms with Crippen LogP contribution in [0.5, 0.6) is 0 Å². The molecule has 0 unspecified atom stereocenters. The van der Waals surface area contributed by atoms with Crippen molar-refractivity contribution in [3.05, 3.63) is 34.7 Å². The number of hydrogen-bond acceptors (Lipinski definition) is 5. The minimum absolute atomic E-state index is 0.167. The van der Waals surface area contributed by atoms with Crippen molar-refractivity contribution < 1.29 is 13.2 Å². The minimum Gasteiger partial charge on any atom is -0.302 e. The molecule has 0 aliphatic carbocycles. The molecule has 2 heterocycles. The van der Waals surface area contributed by atoms with Crippen LogP contribution < -0.4 is 5.32 Å². The first-order chi connectivity index (χ1) is 12.2. The highest BCUT2D eigenvalue weighted by Gasteiger charge is 2.30. The second-order valence-corrected chi connectivity index (χ2v) is 9.63. The Balaban J connectivity index is 1.68. The monoisotopic (exact) mass is 393 g/mol. The van der Waals surface area contributed by atoms with Gasteiger partial charge in [0.15, 0.2) is 5.13 Å². The van der Waals surface area contributed by atoms with Crippen molar-refractivity contribution in [2.75, 3.05) is 24.7 Å². The third kappa shape index (κ3) is 4.31. The second-order valence-electron chi connectivity index (χ2n) is 6.79. The first-order valence-electron chi connectivity index (χ1n) is 8.53. The van der Waals surface area contributed by atoms with Crippen molar-refractivity contribution in [3.8, 4) is 11.3 Å². The number of anilines is 1. The molecule has 1 aromatic carbocycles. The number of benzene rings is 1. The molecule has 1 N–H and O–H groups in total. The number of aryl methyl sites for hydroxylation is 2. The minimum atomic E-state index is -3.26. The Kier molecular flexibility index (Phi) is 5.45. The van der Waals surface area contributed by atoms with E-state index in [1.54, 1.807) is 0 Å². The van der Waals surface area contributed by atoms with Gasteiger partial charge in [0, 0.05) is 24.0 Å². The summed E-state index contributed by atoms with van der Waals surface area (Å²) in [5.41, 5.74) is 4.27. The molecule has 1 aliphatic heterocycles. The van der Waals surface area contributed by atoms with E-state index >= 15 is 0 Å². The molecule has 8 heteroatoms. The Bertz CT molecular complexity index is 922. The maximum absolute atomic E-state index is 12.5. The van der Waals surface area contributed by atoms with Crippen LogP contribution in [-0.4, -0.2) is 43.0 Å². The number of thiazole rings is 1. The summed E-state index contributed by atoms with van der Waals surface area (Å²) in [7, 11) is -3.26. The number of sulfonamides is 1. The standard InChI is InChI=1S/C18H23N3O3S2/c1-12-6-7-14(9-13(12)2)16-11-25-18(19-16)20-17(22)15-5-4-8-21(10-15)26(3,23)24/h6-7,9,11,15H,4-5,8,10H2,1-3H3,(H,19,20,22)/t15-/m1/s1. The number of nitrogens with zero attached hydrogens (tertiary/aromatic N) is 2. The summed E-state index contributed by atoms with van der Waals surface area (Å²) in [5.74, 6) is -0.508. The van der Waals surface area contributed by atoms with Crippen molar-refractivity contribution >= 4 is 32.4 Å². The molecular weight excluding hydrogens is 370 g/mol. The summed E-state index contributed by atoms with van der Waals surface area (Å²) in [5, 5.41) is 5.31. The van der Waals surface area contributed by atoms with Crippen LogP contribution in [0.3, 0.4) is 0 Å². The van der Waals surface area contributed by atoms with E-state index in [2.05, 4.69) is 36.3 Å². The summed E-state index contributed by atoms with van der Waals surface area (Å²) in [6.07, 6.45) is 2.56. The van der Waals surface area contributed by atoms with Gasteiger partial charge in [0.05, 0.1) is 17.9 Å². The molecule has 1 aliphatic rings. The highest BCUT2D eigenvalue weighted by molar-refractivity contribution is 7.88. The van der Waals surface area contributed by atoms with Crippen LogP contribution in [0.1, 0.15) is 24.0 Å². The molecule has 3 rings (SSSR count). The summed E-state index contributed by atoms with van der Waals surface area (Å²) in [6.45, 7) is 4.84. The number of hydrogen-bond donors (Lipinski definition) is 1. The number of amides is 1. The molecule has 0 bridgehead atoms. The van der Waals surface area contributed by atoms with Crippen molar-refractivity contribution in [1.82, 2.24) is 9.29 Å². The molecule has 0 spiro atoms. The summed E-state index contributed by atoms with van der Waals surface area (Å²) in [6, 6.07) is 6.17. The molecule has 0 saturated carbocycles. The zero-order valence-corrected chi connectivity index (χ0v) is 16.8. The summed E-state index contributed by atoms with van der Waals surface area (Å²) in [4.78, 5) is 17.0. The number of piperidine rings is 1. The number of nitrogens with one attached hydrogen (secondary N) is 1. The average Bonchev–Trinajstić information content (AvgIpc) is 3.05. The van der Waals surface area contributed by atoms with Gasteiger partial charge in [0.1, 0.15) is 0 Å². The lowest BCUT2D eigenvalue weighted by Gasteiger charge is -2.29. The van der Waals surface area contributed by atoms with Crippen LogP contribution in [0.25, 0.3) is 11.3 Å². The lowest BCUT2D eigenvalue weighted by molar-refractivity contribution is -0.120. The van der Waals surface area contributed by atoms with Crippen molar-refractivity contribution in [2.45, 2.75) is 26.7 Å². The Hall–Kier alpha value is -1.77. The van der Waals surface area contributed by atoms with Gasteiger partial charge in [-0.15, -0.1) is 11.3 Å². The van der Waals surface area contributed by atoms with Gasteiger partial charge >= 0.3 is 0 Å². The van der Waals surface area contributed by atoms with Gasteiger partial charge in [-0.1, -0.05) is 12.1 Å². The van der Waals surface area contributed by atoms with Gasteiger partial charge in [-0.25, -0.2) is 17.7 Å². The van der Waals surface area contributed by atoms with Crippen LogP contribution in [0.4, 0.5) is 5.13 Å². The van der Waals surface area contributed by atoms with Gasteiger partial charge in [0.2, 0.25) is 15.9 Å². The van der Waals surface area contributed by atoms with Crippen molar-refractivity contribution in [3.63, 3.8) is 0 Å². The number of rotatable bonds is 4. The van der Waals surface area contributed by atoms with E-state index in [0.717, 1.165) is 11.3 Å². The average molecular weight is 394 g/mol. The fourth-order valence-corrected chi connectivity index (χ4v) is 4.66. The highest BCUT2D eigenvalue weighted by atomic mass is 32.2. The fraction of sp³-hybridized carbons (Fsp3) is 0.444. The van der Waals surface area contributed by atoms with E-state index in [0.29, 0.717) is 24.5 Å². The van der Waals surface area contributed by atoms with Gasteiger partial charge in [0.25, 0.3) is 0 Å². The predicted molar refractivity (Wildman–Crippen MR) is 105 cm³/mol. The number of carbonyl (C=O) groups excluding carboxylic acids is 1. The number of carbonyl (C=O) groups is 1. The summed E-state index contributed by atoms with van der Waals surface area (Å²) >= 11 is 1.38. The zero-order chi connectivity index (χ0) is 18.9. The van der Waals surface area contributed by atoms with E-state index in [9.17, 15) is 13.2 Å². The van der Waals surface area contributed by atoms with Gasteiger partial charge in [-0.2, -0.15) is 0 Å². The normalized spacial score (nSPS) is 18.7. The second kappa shape index (κ2) is 7.46. The number of aromatic nitrogens is 1. The maximum atomic E-state index is 12.5. The molecular formula is C18H23N3O3S2. The first-order valence-corrected chi connectivity index (χ1v) is 11.3. The molecule has 1 aromatic heterocycles. The molecule has 1 atom stereocenters. The van der Waals surface area contributed by atoms with Crippen molar-refractivity contribution in [2.24, 2.45) is 5.92 Å². The van der Waals surface area contributed by atoms with Crippen LogP contribution >= 0.6 is 11.3 Å². The Labute approximate surface area is 158 Å². The molecule has 140 valence electrons. The Morgan fingerprint density at radius 2 is 2.08 bits per heavy atom. The lowest BCUT2D eigenvalue weighted by Crippen LogP contribution is -2.43. The largest absolute Gasteiger partial charge is 0.302 e. The predicted octanol–water partition coefficient (Wildman–Crippen LogP) is 3.04. The molecule has 1 amide bonds. The fourth-order valence-electron chi connectivity index (χ4n) is 3.03. The molecule has 2 aromatic rings. The molecule has 26 heavy (non-hydrogen) atoms. The van der Waals surface area contributed by atoms with E-state index in [4.69, 9.17) is 0 Å². The topological polar surface area (TPSA) is 79.4 Å². The lowest BCUT2D eigenvalue weighted by atomic mass is 9.99. The highest BCUT2D eigenvalue weighted by Crippen LogP contribution is 2.27. The Morgan fingerprint density at radius 3 is 2.77 bits per heavy atom. The van der Waals surface area contributed by atoms with Crippen LogP contribution in [0, 0.1) is 19.8 Å². The van der Waals surface area contributed by atoms with Crippen molar-refractivity contribution in [1.29, 1.82) is 0 Å². The van der Waals surface area contributed by atoms with Gasteiger partial charge in [-0.05, 0) is 43.9 Å². The smallest absolute Gasteiger partial charge is 0.230 e. The quantitative estimate of drug-likeness (QED) is 0.866. The van der Waals surface area contributed by atoms with E-state index in [1.165, 1.54) is 33.0 Å². The molecule has 6 nitrogen and oxygen atoms in total. The SMILES string of the molecule is Cc1ccc(-c2csc(NC(=O)[C@@H]3CCCN(S(C)(=O)=O)C3)n2)cc1C. The van der Waals surface area contributed by atoms with Gasteiger partial charge in [-0.3, -0.25) is 4.79 Å².